The maximum Gasteiger partial charge on any atom is 0.285 e. The van der Waals surface area contributed by atoms with Gasteiger partial charge in [0.15, 0.2) is 17.3 Å². The number of fused-ring (bicyclic) bond motifs is 1. The van der Waals surface area contributed by atoms with Gasteiger partial charge in [0, 0.05) is 38.0 Å². The highest BCUT2D eigenvalue weighted by Gasteiger charge is 2.41. The molecule has 2 fully saturated rings. The summed E-state index contributed by atoms with van der Waals surface area (Å²) >= 11 is 0. The van der Waals surface area contributed by atoms with Crippen molar-refractivity contribution in [1.82, 2.24) is 9.80 Å². The standard InChI is InChI=1S/C25H29N3O5S/c1-2-32-21-10-4-5-11-22(21)33-18-13-16-27(17-14-18)25(29)20-9-7-15-28(20)24-19-8-3-6-12-23(19)34(30,31)26-24/h3-6,8,10-12,18,20H,2,7,9,13-17H2,1H3/t20-/m0/s1. The Morgan fingerprint density at radius 2 is 1.71 bits per heavy atom. The maximum absolute atomic E-state index is 13.5. The molecule has 1 amide bonds. The van der Waals surface area contributed by atoms with E-state index < -0.39 is 16.1 Å². The molecule has 34 heavy (non-hydrogen) atoms. The first-order valence-corrected chi connectivity index (χ1v) is 13.3. The number of carbonyl (C=O) groups excluding carboxylic acids is 1. The summed E-state index contributed by atoms with van der Waals surface area (Å²) in [7, 11) is -3.72. The van der Waals surface area contributed by atoms with Gasteiger partial charge in [-0.15, -0.1) is 4.40 Å². The zero-order chi connectivity index (χ0) is 23.7. The molecular weight excluding hydrogens is 454 g/mol. The van der Waals surface area contributed by atoms with Crippen LogP contribution in [-0.2, 0) is 14.8 Å². The predicted octanol–water partition coefficient (Wildman–Crippen LogP) is 3.07. The zero-order valence-electron chi connectivity index (χ0n) is 19.2. The molecule has 0 unspecified atom stereocenters. The van der Waals surface area contributed by atoms with Crippen LogP contribution >= 0.6 is 0 Å². The molecule has 0 radical (unpaired) electrons. The summed E-state index contributed by atoms with van der Waals surface area (Å²) in [6.45, 7) is 4.34. The van der Waals surface area contributed by atoms with E-state index in [9.17, 15) is 13.2 Å². The Bertz CT molecular complexity index is 1200. The minimum absolute atomic E-state index is 0.0153. The fourth-order valence-corrected chi connectivity index (χ4v) is 6.20. The number of hydrogen-bond acceptors (Lipinski definition) is 6. The molecule has 2 aromatic carbocycles. The number of amides is 1. The molecule has 0 N–H and O–H groups in total. The highest BCUT2D eigenvalue weighted by atomic mass is 32.2. The van der Waals surface area contributed by atoms with Crippen molar-refractivity contribution < 1.29 is 22.7 Å². The van der Waals surface area contributed by atoms with Crippen molar-refractivity contribution in [3.05, 3.63) is 54.1 Å². The third-order valence-corrected chi connectivity index (χ3v) is 7.94. The number of carbonyl (C=O) groups is 1. The molecule has 9 heteroatoms. The molecule has 0 aromatic heterocycles. The number of amidine groups is 1. The second-order valence-corrected chi connectivity index (χ2v) is 10.3. The van der Waals surface area contributed by atoms with Gasteiger partial charge in [0.1, 0.15) is 17.0 Å². The van der Waals surface area contributed by atoms with Crippen LogP contribution in [0.2, 0.25) is 0 Å². The third-order valence-electron chi connectivity index (χ3n) is 6.62. The fourth-order valence-electron chi connectivity index (χ4n) is 4.98. The Hall–Kier alpha value is -3.07. The monoisotopic (exact) mass is 483 g/mol. The fraction of sp³-hybridized carbons (Fsp3) is 0.440. The van der Waals surface area contributed by atoms with Gasteiger partial charge in [-0.05, 0) is 44.0 Å². The van der Waals surface area contributed by atoms with E-state index in [0.717, 1.165) is 30.8 Å². The number of piperidine rings is 1. The number of ether oxygens (including phenoxy) is 2. The van der Waals surface area contributed by atoms with Crippen molar-refractivity contribution in [1.29, 1.82) is 0 Å². The molecular formula is C25H29N3O5S. The molecule has 180 valence electrons. The number of nitrogens with zero attached hydrogens (tertiary/aromatic N) is 3. The lowest BCUT2D eigenvalue weighted by Crippen LogP contribution is -2.51. The van der Waals surface area contributed by atoms with Gasteiger partial charge in [-0.25, -0.2) is 0 Å². The van der Waals surface area contributed by atoms with E-state index in [-0.39, 0.29) is 16.9 Å². The molecule has 5 rings (SSSR count). The Morgan fingerprint density at radius 1 is 1.00 bits per heavy atom. The number of rotatable bonds is 5. The highest BCUT2D eigenvalue weighted by molar-refractivity contribution is 7.90. The van der Waals surface area contributed by atoms with E-state index in [1.807, 2.05) is 41.0 Å². The van der Waals surface area contributed by atoms with E-state index in [0.29, 0.717) is 44.1 Å². The van der Waals surface area contributed by atoms with Crippen LogP contribution in [0.4, 0.5) is 0 Å². The molecule has 1 atom stereocenters. The van der Waals surface area contributed by atoms with Crippen molar-refractivity contribution >= 4 is 21.8 Å². The molecule has 8 nitrogen and oxygen atoms in total. The van der Waals surface area contributed by atoms with E-state index in [1.165, 1.54) is 0 Å². The van der Waals surface area contributed by atoms with Gasteiger partial charge in [0.2, 0.25) is 5.91 Å². The van der Waals surface area contributed by atoms with Crippen LogP contribution in [0.25, 0.3) is 0 Å². The van der Waals surface area contributed by atoms with Gasteiger partial charge < -0.3 is 19.3 Å². The Morgan fingerprint density at radius 3 is 2.47 bits per heavy atom. The second-order valence-electron chi connectivity index (χ2n) is 8.76. The van der Waals surface area contributed by atoms with E-state index in [2.05, 4.69) is 4.40 Å². The molecule has 0 bridgehead atoms. The summed E-state index contributed by atoms with van der Waals surface area (Å²) in [5, 5.41) is 0. The maximum atomic E-state index is 13.5. The molecule has 3 aliphatic rings. The topological polar surface area (TPSA) is 88.5 Å². The van der Waals surface area contributed by atoms with Crippen molar-refractivity contribution in [2.45, 2.75) is 49.6 Å². The average molecular weight is 484 g/mol. The van der Waals surface area contributed by atoms with Crippen LogP contribution in [0.15, 0.2) is 57.8 Å². The Labute approximate surface area is 200 Å². The molecule has 3 heterocycles. The zero-order valence-corrected chi connectivity index (χ0v) is 20.0. The molecule has 2 aromatic rings. The van der Waals surface area contributed by atoms with Gasteiger partial charge >= 0.3 is 0 Å². The summed E-state index contributed by atoms with van der Waals surface area (Å²) in [6, 6.07) is 14.1. The summed E-state index contributed by atoms with van der Waals surface area (Å²) in [4.78, 5) is 17.4. The van der Waals surface area contributed by atoms with Crippen molar-refractivity contribution in [3.63, 3.8) is 0 Å². The van der Waals surface area contributed by atoms with Crippen LogP contribution < -0.4 is 9.47 Å². The minimum Gasteiger partial charge on any atom is -0.490 e. The third kappa shape index (κ3) is 4.24. The van der Waals surface area contributed by atoms with Crippen molar-refractivity contribution in [2.75, 3.05) is 26.2 Å². The average Bonchev–Trinajstić information content (AvgIpc) is 3.43. The minimum atomic E-state index is -3.72. The predicted molar refractivity (Wildman–Crippen MR) is 128 cm³/mol. The lowest BCUT2D eigenvalue weighted by molar-refractivity contribution is -0.136. The molecule has 0 aliphatic carbocycles. The number of hydrogen-bond donors (Lipinski definition) is 0. The van der Waals surface area contributed by atoms with Gasteiger partial charge in [-0.2, -0.15) is 8.42 Å². The quantitative estimate of drug-likeness (QED) is 0.650. The lowest BCUT2D eigenvalue weighted by atomic mass is 10.1. The first kappa shape index (κ1) is 22.7. The highest BCUT2D eigenvalue weighted by Crippen LogP contribution is 2.33. The van der Waals surface area contributed by atoms with Gasteiger partial charge in [-0.1, -0.05) is 24.3 Å². The molecule has 3 aliphatic heterocycles. The summed E-state index contributed by atoms with van der Waals surface area (Å²) < 4.78 is 40.9. The SMILES string of the molecule is CCOc1ccccc1OC1CCN(C(=O)[C@@H]2CCCN2C2=NS(=O)(=O)c3ccccc32)CC1. The molecule has 0 spiro atoms. The molecule has 0 saturated carbocycles. The Kier molecular flexibility index (Phi) is 6.20. The van der Waals surface area contributed by atoms with Crippen LogP contribution in [0.5, 0.6) is 11.5 Å². The van der Waals surface area contributed by atoms with Crippen molar-refractivity contribution in [3.8, 4) is 11.5 Å². The van der Waals surface area contributed by atoms with Crippen LogP contribution in [0.3, 0.4) is 0 Å². The first-order chi connectivity index (χ1) is 16.5. The lowest BCUT2D eigenvalue weighted by Gasteiger charge is -2.36. The van der Waals surface area contributed by atoms with E-state index in [4.69, 9.17) is 9.47 Å². The van der Waals surface area contributed by atoms with Crippen LogP contribution in [0, 0.1) is 0 Å². The smallest absolute Gasteiger partial charge is 0.285 e. The second kappa shape index (κ2) is 9.29. The van der Waals surface area contributed by atoms with Gasteiger partial charge in [-0.3, -0.25) is 4.79 Å². The largest absolute Gasteiger partial charge is 0.490 e. The van der Waals surface area contributed by atoms with Crippen LogP contribution in [-0.4, -0.2) is 68.3 Å². The summed E-state index contributed by atoms with van der Waals surface area (Å²) in [5.74, 6) is 1.90. The van der Waals surface area contributed by atoms with Gasteiger partial charge in [0.25, 0.3) is 10.0 Å². The molecule has 2 saturated heterocycles. The summed E-state index contributed by atoms with van der Waals surface area (Å²) in [5.41, 5.74) is 0.585. The Balaban J connectivity index is 1.25. The first-order valence-electron chi connectivity index (χ1n) is 11.9. The number of benzene rings is 2. The van der Waals surface area contributed by atoms with Crippen LogP contribution in [0.1, 0.15) is 38.2 Å². The normalized spacial score (nSPS) is 21.8. The number of likely N-dealkylation sites (tertiary alicyclic amines) is 2. The number of para-hydroxylation sites is 2. The van der Waals surface area contributed by atoms with Crippen molar-refractivity contribution in [2.24, 2.45) is 4.40 Å². The summed E-state index contributed by atoms with van der Waals surface area (Å²) in [6.07, 6.45) is 3.00. The van der Waals surface area contributed by atoms with E-state index >= 15 is 0 Å². The number of sulfonamides is 1. The van der Waals surface area contributed by atoms with E-state index in [1.54, 1.807) is 24.3 Å². The van der Waals surface area contributed by atoms with Gasteiger partial charge in [0.05, 0.1) is 6.61 Å².